The van der Waals surface area contributed by atoms with Crippen LogP contribution in [0.3, 0.4) is 0 Å². The van der Waals surface area contributed by atoms with Crippen molar-refractivity contribution in [3.05, 3.63) is 28.2 Å². The molecule has 0 saturated carbocycles. The quantitative estimate of drug-likeness (QED) is 0.671. The molecule has 0 aliphatic heterocycles. The van der Waals surface area contributed by atoms with Crippen LogP contribution in [0.4, 0.5) is 0 Å². The maximum Gasteiger partial charge on any atom is 0.122 e. The van der Waals surface area contributed by atoms with E-state index in [1.165, 1.54) is 0 Å². The average molecular weight is 297 g/mol. The van der Waals surface area contributed by atoms with Gasteiger partial charge in [0.1, 0.15) is 5.75 Å². The average Bonchev–Trinajstić information content (AvgIpc) is 2.29. The number of hydrogen-bond donors (Lipinski definition) is 1. The van der Waals surface area contributed by atoms with Gasteiger partial charge in [0, 0.05) is 22.0 Å². The van der Waals surface area contributed by atoms with Gasteiger partial charge >= 0.3 is 0 Å². The Balaban J connectivity index is 2.96. The number of rotatable bonds is 5. The van der Waals surface area contributed by atoms with E-state index >= 15 is 0 Å². The molecule has 0 amide bonds. The largest absolute Gasteiger partial charge is 0.496 e. The first kappa shape index (κ1) is 14.0. The van der Waals surface area contributed by atoms with E-state index in [2.05, 4.69) is 47.2 Å². The molecule has 0 fully saturated rings. The molecular formula is C13H17BrN2O. The summed E-state index contributed by atoms with van der Waals surface area (Å²) in [5, 5.41) is 11.6. The Bertz CT molecular complexity index is 424. The Labute approximate surface area is 111 Å². The number of nitrogens with zero attached hydrogens (tertiary/aromatic N) is 1. The molecule has 0 aliphatic rings. The molecule has 0 aliphatic carbocycles. The van der Waals surface area contributed by atoms with E-state index in [0.29, 0.717) is 6.54 Å². The predicted molar refractivity (Wildman–Crippen MR) is 72.2 cm³/mol. The zero-order valence-corrected chi connectivity index (χ0v) is 12.0. The van der Waals surface area contributed by atoms with Crippen molar-refractivity contribution in [2.24, 2.45) is 0 Å². The smallest absolute Gasteiger partial charge is 0.122 e. The number of nitrogens with one attached hydrogen (secondary N) is 1. The minimum absolute atomic E-state index is 0.0913. The summed E-state index contributed by atoms with van der Waals surface area (Å²) in [6, 6.07) is 8.05. The zero-order chi connectivity index (χ0) is 12.9. The van der Waals surface area contributed by atoms with Gasteiger partial charge in [0.2, 0.25) is 0 Å². The van der Waals surface area contributed by atoms with Crippen LogP contribution in [0.25, 0.3) is 0 Å². The highest BCUT2D eigenvalue weighted by Gasteiger charge is 2.24. The summed E-state index contributed by atoms with van der Waals surface area (Å²) in [6.45, 7) is 5.34. The molecule has 0 spiro atoms. The Morgan fingerprint density at radius 1 is 1.47 bits per heavy atom. The van der Waals surface area contributed by atoms with Crippen molar-refractivity contribution >= 4 is 15.9 Å². The zero-order valence-electron chi connectivity index (χ0n) is 10.4. The Kier molecular flexibility index (Phi) is 4.98. The van der Waals surface area contributed by atoms with Gasteiger partial charge in [0.05, 0.1) is 19.7 Å². The molecule has 0 bridgehead atoms. The lowest BCUT2D eigenvalue weighted by Gasteiger charge is -2.27. The van der Waals surface area contributed by atoms with Gasteiger partial charge in [0.15, 0.2) is 0 Å². The van der Waals surface area contributed by atoms with Gasteiger partial charge in [-0.05, 0) is 18.2 Å². The molecule has 0 radical (unpaired) electrons. The summed E-state index contributed by atoms with van der Waals surface area (Å²) in [5.41, 5.74) is 1.03. The monoisotopic (exact) mass is 296 g/mol. The lowest BCUT2D eigenvalue weighted by Crippen LogP contribution is -2.33. The summed E-state index contributed by atoms with van der Waals surface area (Å²) in [5.74, 6) is 0.872. The molecule has 1 aromatic carbocycles. The van der Waals surface area contributed by atoms with Crippen LogP contribution >= 0.6 is 15.9 Å². The molecule has 0 heterocycles. The van der Waals surface area contributed by atoms with Crippen molar-refractivity contribution in [1.29, 1.82) is 5.26 Å². The second kappa shape index (κ2) is 6.04. The fourth-order valence-electron chi connectivity index (χ4n) is 1.74. The molecule has 0 atom stereocenters. The highest BCUT2D eigenvalue weighted by molar-refractivity contribution is 9.10. The van der Waals surface area contributed by atoms with E-state index in [0.717, 1.165) is 22.3 Å². The summed E-state index contributed by atoms with van der Waals surface area (Å²) >= 11 is 3.47. The van der Waals surface area contributed by atoms with Gasteiger partial charge in [-0.3, -0.25) is 0 Å². The topological polar surface area (TPSA) is 45.0 Å². The molecule has 1 aromatic rings. The van der Waals surface area contributed by atoms with E-state index in [1.807, 2.05) is 12.1 Å². The molecular weight excluding hydrogens is 280 g/mol. The van der Waals surface area contributed by atoms with Gasteiger partial charge in [-0.1, -0.05) is 29.8 Å². The molecule has 4 heteroatoms. The number of ether oxygens (including phenoxy) is 1. The summed E-state index contributed by atoms with van der Waals surface area (Å²) in [7, 11) is 1.67. The van der Waals surface area contributed by atoms with E-state index in [9.17, 15) is 0 Å². The van der Waals surface area contributed by atoms with Crippen LogP contribution < -0.4 is 10.1 Å². The molecule has 17 heavy (non-hydrogen) atoms. The van der Waals surface area contributed by atoms with Crippen LogP contribution in [-0.2, 0) is 5.41 Å². The molecule has 1 N–H and O–H groups in total. The number of benzene rings is 1. The van der Waals surface area contributed by atoms with Gasteiger partial charge in [-0.25, -0.2) is 0 Å². The van der Waals surface area contributed by atoms with Crippen LogP contribution in [-0.4, -0.2) is 20.2 Å². The Morgan fingerprint density at radius 3 is 2.76 bits per heavy atom. The summed E-state index contributed by atoms with van der Waals surface area (Å²) in [4.78, 5) is 0. The first-order valence-electron chi connectivity index (χ1n) is 5.43. The first-order valence-corrected chi connectivity index (χ1v) is 6.22. The van der Waals surface area contributed by atoms with E-state index in [1.54, 1.807) is 7.11 Å². The predicted octanol–water partition coefficient (Wildman–Crippen LogP) is 2.85. The van der Waals surface area contributed by atoms with Gasteiger partial charge in [0.25, 0.3) is 0 Å². The minimum atomic E-state index is -0.0913. The number of nitriles is 1. The number of methoxy groups -OCH3 is 1. The third kappa shape index (κ3) is 3.72. The molecule has 1 rings (SSSR count). The van der Waals surface area contributed by atoms with Gasteiger partial charge in [-0.2, -0.15) is 5.26 Å². The second-order valence-electron chi connectivity index (χ2n) is 4.49. The Morgan fingerprint density at radius 2 is 2.18 bits per heavy atom. The third-order valence-corrected chi connectivity index (χ3v) is 3.15. The maximum atomic E-state index is 8.53. The van der Waals surface area contributed by atoms with Crippen LogP contribution in [0.2, 0.25) is 0 Å². The standard InChI is InChI=1S/C13H17BrN2O/c1-13(2,9-16-7-6-15)11-8-10(14)4-5-12(11)17-3/h4-5,8,16H,7,9H2,1-3H3. The lowest BCUT2D eigenvalue weighted by atomic mass is 9.84. The van der Waals surface area contributed by atoms with Crippen molar-refractivity contribution in [1.82, 2.24) is 5.32 Å². The van der Waals surface area contributed by atoms with E-state index in [4.69, 9.17) is 10.00 Å². The molecule has 0 aromatic heterocycles. The van der Waals surface area contributed by atoms with E-state index < -0.39 is 0 Å². The van der Waals surface area contributed by atoms with Crippen molar-refractivity contribution in [3.63, 3.8) is 0 Å². The summed E-state index contributed by atoms with van der Waals surface area (Å²) in [6.07, 6.45) is 0. The maximum absolute atomic E-state index is 8.53. The molecule has 92 valence electrons. The third-order valence-electron chi connectivity index (χ3n) is 2.66. The van der Waals surface area contributed by atoms with Crippen LogP contribution in [0.5, 0.6) is 5.75 Å². The van der Waals surface area contributed by atoms with Gasteiger partial charge < -0.3 is 10.1 Å². The fourth-order valence-corrected chi connectivity index (χ4v) is 2.10. The van der Waals surface area contributed by atoms with Crippen molar-refractivity contribution in [2.75, 3.05) is 20.2 Å². The van der Waals surface area contributed by atoms with Crippen LogP contribution in [0, 0.1) is 11.3 Å². The molecule has 0 saturated heterocycles. The lowest BCUT2D eigenvalue weighted by molar-refractivity contribution is 0.387. The normalized spacial score (nSPS) is 11.0. The highest BCUT2D eigenvalue weighted by Crippen LogP contribution is 2.33. The molecule has 0 unspecified atom stereocenters. The SMILES string of the molecule is COc1ccc(Br)cc1C(C)(C)CNCC#N. The van der Waals surface area contributed by atoms with Crippen molar-refractivity contribution in [2.45, 2.75) is 19.3 Å². The Hall–Kier alpha value is -1.05. The van der Waals surface area contributed by atoms with Crippen LogP contribution in [0.15, 0.2) is 22.7 Å². The minimum Gasteiger partial charge on any atom is -0.496 e. The number of hydrogen-bond acceptors (Lipinski definition) is 3. The second-order valence-corrected chi connectivity index (χ2v) is 5.41. The number of halogens is 1. The van der Waals surface area contributed by atoms with E-state index in [-0.39, 0.29) is 5.41 Å². The van der Waals surface area contributed by atoms with Crippen molar-refractivity contribution < 1.29 is 4.74 Å². The fraction of sp³-hybridized carbons (Fsp3) is 0.462. The highest BCUT2D eigenvalue weighted by atomic mass is 79.9. The first-order chi connectivity index (χ1) is 8.01. The van der Waals surface area contributed by atoms with Gasteiger partial charge in [-0.15, -0.1) is 0 Å². The molecule has 3 nitrogen and oxygen atoms in total. The van der Waals surface area contributed by atoms with Crippen molar-refractivity contribution in [3.8, 4) is 11.8 Å². The van der Waals surface area contributed by atoms with Crippen LogP contribution in [0.1, 0.15) is 19.4 Å². The summed E-state index contributed by atoms with van der Waals surface area (Å²) < 4.78 is 6.41.